The maximum absolute atomic E-state index is 5.42. The van der Waals surface area contributed by atoms with Gasteiger partial charge in [0, 0.05) is 32.2 Å². The summed E-state index contributed by atoms with van der Waals surface area (Å²) < 4.78 is 5.42. The molecular weight excluding hydrogens is 224 g/mol. The first-order valence-electron chi connectivity index (χ1n) is 7.40. The summed E-state index contributed by atoms with van der Waals surface area (Å²) >= 11 is 0. The van der Waals surface area contributed by atoms with Crippen LogP contribution in [-0.4, -0.2) is 42.0 Å². The van der Waals surface area contributed by atoms with Crippen LogP contribution in [0.5, 0.6) is 0 Å². The van der Waals surface area contributed by atoms with Crippen molar-refractivity contribution < 1.29 is 4.42 Å². The molecule has 2 aliphatic rings. The highest BCUT2D eigenvalue weighted by atomic mass is 16.3. The standard InChI is InChI=1S/C15H24N2O/c1-2-5-14(6-3-1)17-10-8-16(9-11-17)13-15-7-4-12-18-15/h4,7,12,14H,1-3,5-6,8-11,13H2. The van der Waals surface area contributed by atoms with Gasteiger partial charge in [-0.3, -0.25) is 9.80 Å². The first-order valence-corrected chi connectivity index (χ1v) is 7.40. The van der Waals surface area contributed by atoms with Gasteiger partial charge in [-0.15, -0.1) is 0 Å². The predicted octanol–water partition coefficient (Wildman–Crippen LogP) is 2.73. The van der Waals surface area contributed by atoms with E-state index in [1.54, 1.807) is 6.26 Å². The summed E-state index contributed by atoms with van der Waals surface area (Å²) in [7, 11) is 0. The maximum Gasteiger partial charge on any atom is 0.117 e. The van der Waals surface area contributed by atoms with E-state index >= 15 is 0 Å². The average Bonchev–Trinajstić information content (AvgIpc) is 2.94. The Labute approximate surface area is 110 Å². The van der Waals surface area contributed by atoms with Crippen LogP contribution in [0.15, 0.2) is 22.8 Å². The van der Waals surface area contributed by atoms with E-state index in [9.17, 15) is 0 Å². The van der Waals surface area contributed by atoms with Crippen molar-refractivity contribution in [3.63, 3.8) is 0 Å². The fourth-order valence-electron chi connectivity index (χ4n) is 3.36. The Morgan fingerprint density at radius 1 is 1.06 bits per heavy atom. The Bertz CT molecular complexity index is 335. The van der Waals surface area contributed by atoms with Gasteiger partial charge in [-0.1, -0.05) is 19.3 Å². The van der Waals surface area contributed by atoms with Crippen molar-refractivity contribution in [2.24, 2.45) is 0 Å². The lowest BCUT2D eigenvalue weighted by molar-refractivity contribution is 0.0722. The Morgan fingerprint density at radius 3 is 2.50 bits per heavy atom. The van der Waals surface area contributed by atoms with Gasteiger partial charge in [-0.05, 0) is 25.0 Å². The molecule has 0 bridgehead atoms. The average molecular weight is 248 g/mol. The van der Waals surface area contributed by atoms with Crippen molar-refractivity contribution in [1.29, 1.82) is 0 Å². The minimum Gasteiger partial charge on any atom is -0.468 e. The third-order valence-electron chi connectivity index (χ3n) is 4.46. The summed E-state index contributed by atoms with van der Waals surface area (Å²) in [5, 5.41) is 0. The van der Waals surface area contributed by atoms with Crippen LogP contribution in [0, 0.1) is 0 Å². The van der Waals surface area contributed by atoms with Crippen LogP contribution in [0.2, 0.25) is 0 Å². The van der Waals surface area contributed by atoms with Crippen molar-refractivity contribution in [3.05, 3.63) is 24.2 Å². The second-order valence-electron chi connectivity index (χ2n) is 5.68. The molecule has 2 heterocycles. The Balaban J connectivity index is 1.45. The monoisotopic (exact) mass is 248 g/mol. The Hall–Kier alpha value is -0.800. The summed E-state index contributed by atoms with van der Waals surface area (Å²) in [6, 6.07) is 4.94. The normalized spacial score (nSPS) is 24.4. The Kier molecular flexibility index (Phi) is 4.01. The molecule has 0 atom stereocenters. The van der Waals surface area contributed by atoms with E-state index < -0.39 is 0 Å². The molecule has 0 N–H and O–H groups in total. The summed E-state index contributed by atoms with van der Waals surface area (Å²) in [6.07, 6.45) is 8.97. The minimum atomic E-state index is 0.879. The van der Waals surface area contributed by atoms with Gasteiger partial charge in [-0.2, -0.15) is 0 Å². The molecular formula is C15H24N2O. The molecule has 18 heavy (non-hydrogen) atoms. The minimum absolute atomic E-state index is 0.879. The van der Waals surface area contributed by atoms with Gasteiger partial charge >= 0.3 is 0 Å². The molecule has 1 aliphatic heterocycles. The predicted molar refractivity (Wildman–Crippen MR) is 72.4 cm³/mol. The summed E-state index contributed by atoms with van der Waals surface area (Å²) in [5.41, 5.74) is 0. The summed E-state index contributed by atoms with van der Waals surface area (Å²) in [5.74, 6) is 1.10. The number of piperazine rings is 1. The van der Waals surface area contributed by atoms with E-state index in [2.05, 4.69) is 15.9 Å². The quantitative estimate of drug-likeness (QED) is 0.820. The molecule has 1 aliphatic carbocycles. The zero-order valence-corrected chi connectivity index (χ0v) is 11.2. The number of nitrogens with zero attached hydrogens (tertiary/aromatic N) is 2. The van der Waals surface area contributed by atoms with Crippen LogP contribution in [0.3, 0.4) is 0 Å². The molecule has 0 aromatic carbocycles. The van der Waals surface area contributed by atoms with Gasteiger partial charge in [0.25, 0.3) is 0 Å². The van der Waals surface area contributed by atoms with Crippen LogP contribution >= 0.6 is 0 Å². The topological polar surface area (TPSA) is 19.6 Å². The second-order valence-corrected chi connectivity index (χ2v) is 5.68. The van der Waals surface area contributed by atoms with Gasteiger partial charge in [0.15, 0.2) is 0 Å². The molecule has 1 aromatic rings. The van der Waals surface area contributed by atoms with Crippen molar-refractivity contribution in [3.8, 4) is 0 Å². The van der Waals surface area contributed by atoms with E-state index in [4.69, 9.17) is 4.42 Å². The van der Waals surface area contributed by atoms with Gasteiger partial charge in [-0.25, -0.2) is 0 Å². The van der Waals surface area contributed by atoms with Crippen LogP contribution in [0.25, 0.3) is 0 Å². The van der Waals surface area contributed by atoms with Crippen molar-refractivity contribution in [2.75, 3.05) is 26.2 Å². The van der Waals surface area contributed by atoms with E-state index in [0.717, 1.165) is 18.3 Å². The van der Waals surface area contributed by atoms with E-state index in [-0.39, 0.29) is 0 Å². The Morgan fingerprint density at radius 2 is 1.83 bits per heavy atom. The molecule has 1 saturated carbocycles. The zero-order valence-electron chi connectivity index (χ0n) is 11.2. The van der Waals surface area contributed by atoms with Crippen molar-refractivity contribution >= 4 is 0 Å². The molecule has 1 aromatic heterocycles. The van der Waals surface area contributed by atoms with Crippen LogP contribution in [0.4, 0.5) is 0 Å². The molecule has 3 heteroatoms. The number of furan rings is 1. The lowest BCUT2D eigenvalue weighted by Crippen LogP contribution is -2.50. The number of rotatable bonds is 3. The molecule has 100 valence electrons. The first kappa shape index (κ1) is 12.2. The van der Waals surface area contributed by atoms with E-state index in [0.29, 0.717) is 0 Å². The largest absolute Gasteiger partial charge is 0.468 e. The number of hydrogen-bond acceptors (Lipinski definition) is 3. The summed E-state index contributed by atoms with van der Waals surface area (Å²) in [6.45, 7) is 5.84. The SMILES string of the molecule is c1coc(CN2CCN(C3CCCCC3)CC2)c1. The van der Waals surface area contributed by atoms with Crippen LogP contribution in [0.1, 0.15) is 37.9 Å². The lowest BCUT2D eigenvalue weighted by Gasteiger charge is -2.40. The van der Waals surface area contributed by atoms with Crippen molar-refractivity contribution in [1.82, 2.24) is 9.80 Å². The second kappa shape index (κ2) is 5.89. The molecule has 0 spiro atoms. The van der Waals surface area contributed by atoms with E-state index in [1.807, 2.05) is 6.07 Å². The highest BCUT2D eigenvalue weighted by molar-refractivity contribution is 4.98. The molecule has 1 saturated heterocycles. The molecule has 2 fully saturated rings. The summed E-state index contributed by atoms with van der Waals surface area (Å²) in [4.78, 5) is 5.23. The molecule has 3 rings (SSSR count). The van der Waals surface area contributed by atoms with Gasteiger partial charge in [0.1, 0.15) is 5.76 Å². The first-order chi connectivity index (χ1) is 8.92. The zero-order chi connectivity index (χ0) is 12.2. The molecule has 3 nitrogen and oxygen atoms in total. The van der Waals surface area contributed by atoms with Gasteiger partial charge < -0.3 is 4.42 Å². The van der Waals surface area contributed by atoms with Crippen molar-refractivity contribution in [2.45, 2.75) is 44.7 Å². The fraction of sp³-hybridized carbons (Fsp3) is 0.733. The molecule has 0 amide bonds. The molecule has 0 unspecified atom stereocenters. The van der Waals surface area contributed by atoms with Crippen LogP contribution in [-0.2, 0) is 6.54 Å². The van der Waals surface area contributed by atoms with E-state index in [1.165, 1.54) is 58.3 Å². The third kappa shape index (κ3) is 2.96. The maximum atomic E-state index is 5.42. The highest BCUT2D eigenvalue weighted by Crippen LogP contribution is 2.23. The lowest BCUT2D eigenvalue weighted by atomic mass is 9.94. The third-order valence-corrected chi connectivity index (χ3v) is 4.46. The molecule has 0 radical (unpaired) electrons. The van der Waals surface area contributed by atoms with Gasteiger partial charge in [0.05, 0.1) is 12.8 Å². The number of hydrogen-bond donors (Lipinski definition) is 0. The van der Waals surface area contributed by atoms with Gasteiger partial charge in [0.2, 0.25) is 0 Å². The fourth-order valence-corrected chi connectivity index (χ4v) is 3.36. The smallest absolute Gasteiger partial charge is 0.117 e. The van der Waals surface area contributed by atoms with Crippen LogP contribution < -0.4 is 0 Å². The highest BCUT2D eigenvalue weighted by Gasteiger charge is 2.25.